The molecule has 1 aromatic carbocycles. The lowest BCUT2D eigenvalue weighted by atomic mass is 10.2. The van der Waals surface area contributed by atoms with Gasteiger partial charge in [0.15, 0.2) is 4.80 Å². The van der Waals surface area contributed by atoms with E-state index in [1.807, 2.05) is 31.2 Å². The number of nitrogens with zero attached hydrogens (tertiary/aromatic N) is 3. The lowest BCUT2D eigenvalue weighted by Gasteiger charge is -2.16. The van der Waals surface area contributed by atoms with Crippen molar-refractivity contribution in [3.63, 3.8) is 0 Å². The molecule has 2 heterocycles. The summed E-state index contributed by atoms with van der Waals surface area (Å²) in [5.41, 5.74) is 0.976. The van der Waals surface area contributed by atoms with Gasteiger partial charge in [-0.05, 0) is 37.6 Å². The van der Waals surface area contributed by atoms with Gasteiger partial charge in [0.25, 0.3) is 5.91 Å². The molecule has 0 radical (unpaired) electrons. The van der Waals surface area contributed by atoms with E-state index in [4.69, 9.17) is 16.3 Å². The van der Waals surface area contributed by atoms with Crippen LogP contribution in [0.5, 0.6) is 0 Å². The maximum atomic E-state index is 12.6. The number of carbonyl (C=O) groups excluding carboxylic acids is 2. The summed E-state index contributed by atoms with van der Waals surface area (Å²) in [6, 6.07) is 11.8. The van der Waals surface area contributed by atoms with Crippen molar-refractivity contribution in [2.24, 2.45) is 4.99 Å². The SMILES string of the molecule is CCOC(=O)C(CC)n1/c(=N/C(=O)c2cccc(Cl)n2)sc2ccccc21. The van der Waals surface area contributed by atoms with Gasteiger partial charge in [0.05, 0.1) is 16.8 Å². The van der Waals surface area contributed by atoms with E-state index in [0.717, 1.165) is 10.2 Å². The minimum absolute atomic E-state index is 0.149. The summed E-state index contributed by atoms with van der Waals surface area (Å²) in [7, 11) is 0. The normalized spacial score (nSPS) is 12.9. The number of hydrogen-bond acceptors (Lipinski definition) is 5. The van der Waals surface area contributed by atoms with Gasteiger partial charge in [0.2, 0.25) is 0 Å². The van der Waals surface area contributed by atoms with Crippen LogP contribution in [-0.2, 0) is 9.53 Å². The van der Waals surface area contributed by atoms with Crippen LogP contribution in [0.3, 0.4) is 0 Å². The summed E-state index contributed by atoms with van der Waals surface area (Å²) >= 11 is 7.21. The first-order chi connectivity index (χ1) is 13.0. The topological polar surface area (TPSA) is 73.6 Å². The molecule has 0 aliphatic carbocycles. The number of para-hydroxylation sites is 1. The molecule has 0 spiro atoms. The average Bonchev–Trinajstić information content (AvgIpc) is 3.01. The van der Waals surface area contributed by atoms with E-state index in [-0.39, 0.29) is 23.4 Å². The zero-order chi connectivity index (χ0) is 19.4. The minimum Gasteiger partial charge on any atom is -0.464 e. The average molecular weight is 404 g/mol. The quantitative estimate of drug-likeness (QED) is 0.476. The largest absolute Gasteiger partial charge is 0.464 e. The number of benzene rings is 1. The highest BCUT2D eigenvalue weighted by molar-refractivity contribution is 7.16. The first kappa shape index (κ1) is 19.3. The first-order valence-electron chi connectivity index (χ1n) is 8.53. The zero-order valence-corrected chi connectivity index (χ0v) is 16.5. The van der Waals surface area contributed by atoms with Crippen LogP contribution in [0.25, 0.3) is 10.2 Å². The Morgan fingerprint density at radius 3 is 2.70 bits per heavy atom. The molecule has 3 rings (SSSR count). The van der Waals surface area contributed by atoms with Crippen molar-refractivity contribution in [3.8, 4) is 0 Å². The van der Waals surface area contributed by atoms with Crippen LogP contribution in [-0.4, -0.2) is 28.0 Å². The van der Waals surface area contributed by atoms with Crippen molar-refractivity contribution in [1.29, 1.82) is 0 Å². The van der Waals surface area contributed by atoms with Crippen LogP contribution in [0.15, 0.2) is 47.5 Å². The molecule has 27 heavy (non-hydrogen) atoms. The van der Waals surface area contributed by atoms with Crippen LogP contribution in [0.2, 0.25) is 5.15 Å². The van der Waals surface area contributed by atoms with E-state index >= 15 is 0 Å². The van der Waals surface area contributed by atoms with Crippen LogP contribution < -0.4 is 4.80 Å². The van der Waals surface area contributed by atoms with Crippen LogP contribution in [0.4, 0.5) is 0 Å². The maximum Gasteiger partial charge on any atom is 0.329 e. The van der Waals surface area contributed by atoms with Crippen LogP contribution in [0, 0.1) is 0 Å². The number of hydrogen-bond donors (Lipinski definition) is 0. The molecule has 8 heteroatoms. The Morgan fingerprint density at radius 2 is 2.00 bits per heavy atom. The second-order valence-corrected chi connectivity index (χ2v) is 7.06. The summed E-state index contributed by atoms with van der Waals surface area (Å²) in [5, 5.41) is 0.221. The Morgan fingerprint density at radius 1 is 1.22 bits per heavy atom. The van der Waals surface area contributed by atoms with Crippen molar-refractivity contribution in [1.82, 2.24) is 9.55 Å². The van der Waals surface area contributed by atoms with Gasteiger partial charge >= 0.3 is 5.97 Å². The summed E-state index contributed by atoms with van der Waals surface area (Å²) < 4.78 is 7.90. The molecule has 0 aliphatic rings. The van der Waals surface area contributed by atoms with E-state index in [1.165, 1.54) is 11.3 Å². The molecule has 6 nitrogen and oxygen atoms in total. The third kappa shape index (κ3) is 4.09. The molecule has 0 saturated carbocycles. The van der Waals surface area contributed by atoms with Gasteiger partial charge in [-0.25, -0.2) is 9.78 Å². The molecular formula is C19H18ClN3O3S. The Hall–Kier alpha value is -2.51. The summed E-state index contributed by atoms with van der Waals surface area (Å²) in [6.07, 6.45) is 0.510. The second-order valence-electron chi connectivity index (χ2n) is 5.66. The van der Waals surface area contributed by atoms with Gasteiger partial charge < -0.3 is 9.30 Å². The number of esters is 1. The second kappa shape index (κ2) is 8.45. The van der Waals surface area contributed by atoms with E-state index in [9.17, 15) is 9.59 Å². The lowest BCUT2D eigenvalue weighted by Crippen LogP contribution is -2.29. The highest BCUT2D eigenvalue weighted by Gasteiger charge is 2.24. The first-order valence-corrected chi connectivity index (χ1v) is 9.73. The molecule has 1 amide bonds. The number of aromatic nitrogens is 2. The van der Waals surface area contributed by atoms with Crippen molar-refractivity contribution in [3.05, 3.63) is 58.1 Å². The third-order valence-electron chi connectivity index (χ3n) is 3.92. The highest BCUT2D eigenvalue weighted by Crippen LogP contribution is 2.23. The van der Waals surface area contributed by atoms with Crippen LogP contribution >= 0.6 is 22.9 Å². The number of ether oxygens (including phenoxy) is 1. The fourth-order valence-electron chi connectivity index (χ4n) is 2.74. The minimum atomic E-state index is -0.569. The van der Waals surface area contributed by atoms with Gasteiger partial charge in [-0.2, -0.15) is 4.99 Å². The Bertz CT molecular complexity index is 1060. The molecule has 1 atom stereocenters. The van der Waals surface area contributed by atoms with Gasteiger partial charge in [-0.1, -0.05) is 48.1 Å². The number of pyridine rings is 1. The van der Waals surface area contributed by atoms with Gasteiger partial charge in [-0.15, -0.1) is 0 Å². The number of halogens is 1. The van der Waals surface area contributed by atoms with Gasteiger partial charge in [0.1, 0.15) is 16.9 Å². The fraction of sp³-hybridized carbons (Fsp3) is 0.263. The number of carbonyl (C=O) groups is 2. The smallest absolute Gasteiger partial charge is 0.329 e. The van der Waals surface area contributed by atoms with Crippen molar-refractivity contribution in [2.45, 2.75) is 26.3 Å². The standard InChI is InChI=1S/C19H18ClN3O3S/c1-3-13(18(25)26-4-2)23-14-9-5-6-10-15(14)27-19(23)22-17(24)12-8-7-11-16(20)21-12/h5-11,13H,3-4H2,1-2H3/b22-19-. The predicted molar refractivity (Wildman–Crippen MR) is 105 cm³/mol. The molecule has 0 N–H and O–H groups in total. The molecule has 0 fully saturated rings. The van der Waals surface area contributed by atoms with E-state index in [1.54, 1.807) is 29.7 Å². The van der Waals surface area contributed by atoms with Crippen molar-refractivity contribution in [2.75, 3.05) is 6.61 Å². The molecule has 0 saturated heterocycles. The molecule has 140 valence electrons. The summed E-state index contributed by atoms with van der Waals surface area (Å²) in [6.45, 7) is 3.95. The number of thiazole rings is 1. The summed E-state index contributed by atoms with van der Waals surface area (Å²) in [4.78, 5) is 33.7. The molecular weight excluding hydrogens is 386 g/mol. The number of rotatable bonds is 5. The van der Waals surface area contributed by atoms with Crippen molar-refractivity contribution >= 4 is 45.0 Å². The number of fused-ring (bicyclic) bond motifs is 1. The number of amides is 1. The highest BCUT2D eigenvalue weighted by atomic mass is 35.5. The predicted octanol–water partition coefficient (Wildman–Crippen LogP) is 4.01. The van der Waals surface area contributed by atoms with E-state index < -0.39 is 11.9 Å². The maximum absolute atomic E-state index is 12.6. The Kier molecular flexibility index (Phi) is 6.03. The molecule has 2 aromatic heterocycles. The van der Waals surface area contributed by atoms with E-state index in [2.05, 4.69) is 9.98 Å². The summed E-state index contributed by atoms with van der Waals surface area (Å²) in [5.74, 6) is -0.866. The van der Waals surface area contributed by atoms with E-state index in [0.29, 0.717) is 11.2 Å². The molecule has 1 unspecified atom stereocenters. The monoisotopic (exact) mass is 403 g/mol. The van der Waals surface area contributed by atoms with Gasteiger partial charge in [-0.3, -0.25) is 4.79 Å². The third-order valence-corrected chi connectivity index (χ3v) is 5.17. The van der Waals surface area contributed by atoms with Crippen molar-refractivity contribution < 1.29 is 14.3 Å². The lowest BCUT2D eigenvalue weighted by molar-refractivity contribution is -0.147. The Balaban J connectivity index is 2.17. The molecule has 0 aliphatic heterocycles. The molecule has 3 aromatic rings. The van der Waals surface area contributed by atoms with Crippen LogP contribution in [0.1, 0.15) is 36.8 Å². The van der Waals surface area contributed by atoms with Gasteiger partial charge in [0, 0.05) is 0 Å². The fourth-order valence-corrected chi connectivity index (χ4v) is 3.97. The Labute approximate surface area is 165 Å². The molecule has 0 bridgehead atoms. The zero-order valence-electron chi connectivity index (χ0n) is 14.9.